The highest BCUT2D eigenvalue weighted by molar-refractivity contribution is 5.11. The van der Waals surface area contributed by atoms with Crippen molar-refractivity contribution < 1.29 is 4.74 Å². The lowest BCUT2D eigenvalue weighted by Crippen LogP contribution is -2.65. The topological polar surface area (TPSA) is 37.4 Å². The highest BCUT2D eigenvalue weighted by atomic mass is 16.5. The first-order valence-electron chi connectivity index (χ1n) is 10.3. The molecule has 1 aliphatic heterocycles. The second kappa shape index (κ2) is 7.73. The Hall–Kier alpha value is -0.970. The molecule has 3 fully saturated rings. The Balaban J connectivity index is 1.26. The average Bonchev–Trinajstić information content (AvgIpc) is 3.16. The molecular weight excluding hydrogens is 310 g/mol. The first kappa shape index (κ1) is 17.4. The van der Waals surface area contributed by atoms with E-state index in [1.165, 1.54) is 63.6 Å². The van der Waals surface area contributed by atoms with Gasteiger partial charge in [-0.2, -0.15) is 0 Å². The maximum absolute atomic E-state index is 6.06. The average molecular weight is 344 g/mol. The molecular formula is C21H33N3O. The van der Waals surface area contributed by atoms with Crippen LogP contribution in [-0.2, 0) is 11.3 Å². The van der Waals surface area contributed by atoms with Crippen molar-refractivity contribution >= 4 is 0 Å². The molecule has 1 spiro atoms. The molecule has 1 aromatic heterocycles. The second-order valence-electron chi connectivity index (χ2n) is 8.25. The molecule has 25 heavy (non-hydrogen) atoms. The summed E-state index contributed by atoms with van der Waals surface area (Å²) in [6.45, 7) is 6.44. The van der Waals surface area contributed by atoms with E-state index < -0.39 is 0 Å². The van der Waals surface area contributed by atoms with Crippen molar-refractivity contribution in [1.29, 1.82) is 0 Å². The number of piperidine rings is 1. The molecule has 1 aromatic rings. The van der Waals surface area contributed by atoms with Crippen molar-refractivity contribution in [2.75, 3.05) is 19.7 Å². The number of hydrogen-bond donors (Lipinski definition) is 1. The van der Waals surface area contributed by atoms with Crippen molar-refractivity contribution in [2.45, 2.75) is 76.6 Å². The summed E-state index contributed by atoms with van der Waals surface area (Å²) in [6.07, 6.45) is 13.7. The highest BCUT2D eigenvalue weighted by Gasteiger charge is 2.56. The Kier molecular flexibility index (Phi) is 5.39. The smallest absolute Gasteiger partial charge is 0.0661 e. The Morgan fingerprint density at radius 1 is 1.28 bits per heavy atom. The monoisotopic (exact) mass is 343 g/mol. The zero-order valence-electron chi connectivity index (χ0n) is 15.6. The predicted octanol–water partition coefficient (Wildman–Crippen LogP) is 3.37. The fourth-order valence-electron chi connectivity index (χ4n) is 5.41. The minimum absolute atomic E-state index is 0.461. The van der Waals surface area contributed by atoms with Gasteiger partial charge in [-0.3, -0.25) is 9.88 Å². The van der Waals surface area contributed by atoms with Crippen LogP contribution >= 0.6 is 0 Å². The van der Waals surface area contributed by atoms with Crippen LogP contribution in [0.2, 0.25) is 0 Å². The lowest BCUT2D eigenvalue weighted by Gasteiger charge is -2.55. The van der Waals surface area contributed by atoms with Gasteiger partial charge < -0.3 is 10.1 Å². The molecule has 4 heteroatoms. The van der Waals surface area contributed by atoms with Crippen LogP contribution in [0.15, 0.2) is 24.5 Å². The molecule has 0 radical (unpaired) electrons. The summed E-state index contributed by atoms with van der Waals surface area (Å²) in [7, 11) is 0. The van der Waals surface area contributed by atoms with Gasteiger partial charge in [-0.15, -0.1) is 0 Å². The third-order valence-corrected chi connectivity index (χ3v) is 6.84. The molecule has 0 bridgehead atoms. The molecule has 2 aliphatic carbocycles. The molecule has 4 nitrogen and oxygen atoms in total. The number of pyridine rings is 1. The lowest BCUT2D eigenvalue weighted by molar-refractivity contribution is -0.133. The normalized spacial score (nSPS) is 29.8. The predicted molar refractivity (Wildman–Crippen MR) is 100 cm³/mol. The molecule has 2 unspecified atom stereocenters. The summed E-state index contributed by atoms with van der Waals surface area (Å²) in [5.74, 6) is 0. The Morgan fingerprint density at radius 2 is 2.08 bits per heavy atom. The van der Waals surface area contributed by atoms with Gasteiger partial charge in [0.1, 0.15) is 0 Å². The van der Waals surface area contributed by atoms with Gasteiger partial charge in [-0.1, -0.05) is 18.9 Å². The first-order valence-corrected chi connectivity index (χ1v) is 10.3. The van der Waals surface area contributed by atoms with Crippen LogP contribution in [0.3, 0.4) is 0 Å². The third-order valence-electron chi connectivity index (χ3n) is 6.84. The molecule has 2 atom stereocenters. The van der Waals surface area contributed by atoms with Gasteiger partial charge in [0.25, 0.3) is 0 Å². The summed E-state index contributed by atoms with van der Waals surface area (Å²) in [6, 6.07) is 5.61. The zero-order chi connectivity index (χ0) is 17.1. The van der Waals surface area contributed by atoms with E-state index in [1.807, 2.05) is 18.5 Å². The maximum Gasteiger partial charge on any atom is 0.0661 e. The van der Waals surface area contributed by atoms with Crippen LogP contribution in [0, 0.1) is 5.41 Å². The lowest BCUT2D eigenvalue weighted by atomic mass is 9.60. The van der Waals surface area contributed by atoms with Crippen LogP contribution in [0.4, 0.5) is 0 Å². The fourth-order valence-corrected chi connectivity index (χ4v) is 5.41. The molecule has 2 heterocycles. The van der Waals surface area contributed by atoms with Gasteiger partial charge in [0, 0.05) is 43.0 Å². The van der Waals surface area contributed by atoms with Crippen molar-refractivity contribution in [1.82, 2.24) is 15.2 Å². The van der Waals surface area contributed by atoms with E-state index >= 15 is 0 Å². The Labute approximate surface area is 152 Å². The van der Waals surface area contributed by atoms with Gasteiger partial charge >= 0.3 is 0 Å². The molecule has 3 aliphatic rings. The quantitative estimate of drug-likeness (QED) is 0.859. The summed E-state index contributed by atoms with van der Waals surface area (Å²) in [5, 5.41) is 4.04. The number of likely N-dealkylation sites (tertiary alicyclic amines) is 1. The minimum atomic E-state index is 0.461. The third kappa shape index (κ3) is 3.62. The minimum Gasteiger partial charge on any atom is -0.378 e. The molecule has 0 aromatic carbocycles. The number of rotatable bonds is 6. The van der Waals surface area contributed by atoms with E-state index in [1.54, 1.807) is 0 Å². The van der Waals surface area contributed by atoms with E-state index in [2.05, 4.69) is 28.2 Å². The molecule has 2 saturated carbocycles. The zero-order valence-corrected chi connectivity index (χ0v) is 15.6. The Morgan fingerprint density at radius 3 is 2.76 bits per heavy atom. The van der Waals surface area contributed by atoms with Crippen LogP contribution in [-0.4, -0.2) is 47.8 Å². The summed E-state index contributed by atoms with van der Waals surface area (Å²) >= 11 is 0. The second-order valence-corrected chi connectivity index (χ2v) is 8.25. The van der Waals surface area contributed by atoms with E-state index in [9.17, 15) is 0 Å². The van der Waals surface area contributed by atoms with Gasteiger partial charge in [-0.25, -0.2) is 0 Å². The van der Waals surface area contributed by atoms with Gasteiger partial charge in [0.05, 0.1) is 6.10 Å². The summed E-state index contributed by atoms with van der Waals surface area (Å²) < 4.78 is 6.06. The van der Waals surface area contributed by atoms with Crippen molar-refractivity contribution in [3.8, 4) is 0 Å². The molecule has 1 N–H and O–H groups in total. The van der Waals surface area contributed by atoms with E-state index in [-0.39, 0.29) is 0 Å². The molecule has 1 saturated heterocycles. The Bertz CT molecular complexity index is 535. The summed E-state index contributed by atoms with van der Waals surface area (Å²) in [5.41, 5.74) is 1.79. The number of hydrogen-bond acceptors (Lipinski definition) is 4. The van der Waals surface area contributed by atoms with E-state index in [0.29, 0.717) is 23.6 Å². The van der Waals surface area contributed by atoms with E-state index in [0.717, 1.165) is 13.2 Å². The maximum atomic E-state index is 6.06. The summed E-state index contributed by atoms with van der Waals surface area (Å²) in [4.78, 5) is 6.81. The van der Waals surface area contributed by atoms with Crippen molar-refractivity contribution in [3.63, 3.8) is 0 Å². The number of aromatic nitrogens is 1. The van der Waals surface area contributed by atoms with Crippen molar-refractivity contribution in [2.24, 2.45) is 5.41 Å². The first-order chi connectivity index (χ1) is 12.3. The number of ether oxygens (including phenoxy) is 1. The molecule has 138 valence electrons. The highest BCUT2D eigenvalue weighted by Crippen LogP contribution is 2.55. The number of nitrogens with zero attached hydrogens (tertiary/aromatic N) is 2. The standard InChI is InChI=1S/C21H33N3O/c1-2-25-20-14-19(21(20)9-3-4-10-21)23-18-7-12-24(13-8-18)16-17-6-5-11-22-15-17/h5-6,11,15,18-20,23H,2-4,7-10,12-14,16H2,1H3. The van der Waals surface area contributed by atoms with Crippen molar-refractivity contribution in [3.05, 3.63) is 30.1 Å². The molecule has 4 rings (SSSR count). The molecule has 0 amide bonds. The van der Waals surface area contributed by atoms with Crippen LogP contribution < -0.4 is 5.32 Å². The van der Waals surface area contributed by atoms with E-state index in [4.69, 9.17) is 4.74 Å². The van der Waals surface area contributed by atoms with Crippen LogP contribution in [0.1, 0.15) is 57.4 Å². The van der Waals surface area contributed by atoms with Gasteiger partial charge in [0.15, 0.2) is 0 Å². The van der Waals surface area contributed by atoms with Gasteiger partial charge in [0.2, 0.25) is 0 Å². The SMILES string of the molecule is CCOC1CC(NC2CCN(Cc3cccnc3)CC2)C12CCCC2. The van der Waals surface area contributed by atoms with Crippen LogP contribution in [0.5, 0.6) is 0 Å². The fraction of sp³-hybridized carbons (Fsp3) is 0.762. The van der Waals surface area contributed by atoms with Gasteiger partial charge in [-0.05, 0) is 63.7 Å². The number of nitrogens with one attached hydrogen (secondary N) is 1. The largest absolute Gasteiger partial charge is 0.378 e. The van der Waals surface area contributed by atoms with Crippen LogP contribution in [0.25, 0.3) is 0 Å².